The standard InChI is InChI=1S/C31H38N6O3/c1-21-10-15-28-23(17-21)18-27(31(38)32-28)29(30-33-34-35-37(30)24-7-4-3-5-8-24)36(20-26-9-6-16-40-26)19-22-11-13-25(39-2)14-12-22/h10-15,17-18,24,26,29H,3-9,16,19-20H2,1-2H3,(H,32,38)/t26-,29+/m0/s1. The number of tetrazole rings is 1. The van der Waals surface area contributed by atoms with Gasteiger partial charge in [0.1, 0.15) is 11.8 Å². The molecule has 0 amide bonds. The first-order valence-electron chi connectivity index (χ1n) is 14.5. The monoisotopic (exact) mass is 542 g/mol. The SMILES string of the molecule is COc1ccc(CN(C[C@@H]2CCCO2)[C@H](c2cc3cc(C)ccc3[nH]c2=O)c2nnnn2C2CCCCC2)cc1. The van der Waals surface area contributed by atoms with Crippen LogP contribution in [0.2, 0.25) is 0 Å². The molecule has 3 heterocycles. The minimum absolute atomic E-state index is 0.0848. The van der Waals surface area contributed by atoms with Crippen LogP contribution >= 0.6 is 0 Å². The second kappa shape index (κ2) is 11.9. The molecule has 40 heavy (non-hydrogen) atoms. The Morgan fingerprint density at radius 3 is 2.65 bits per heavy atom. The minimum Gasteiger partial charge on any atom is -0.497 e. The van der Waals surface area contributed by atoms with E-state index in [0.29, 0.717) is 18.7 Å². The van der Waals surface area contributed by atoms with Crippen LogP contribution in [0.1, 0.15) is 79.5 Å². The largest absolute Gasteiger partial charge is 0.497 e. The number of nitrogens with zero attached hydrogens (tertiary/aromatic N) is 5. The highest BCUT2D eigenvalue weighted by Gasteiger charge is 2.35. The Kier molecular flexibility index (Phi) is 7.93. The van der Waals surface area contributed by atoms with Crippen LogP contribution in [-0.4, -0.2) is 56.5 Å². The number of fused-ring (bicyclic) bond motifs is 1. The first-order valence-corrected chi connectivity index (χ1v) is 14.5. The number of hydrogen-bond donors (Lipinski definition) is 1. The van der Waals surface area contributed by atoms with Crippen LogP contribution in [0, 0.1) is 6.92 Å². The highest BCUT2D eigenvalue weighted by atomic mass is 16.5. The van der Waals surface area contributed by atoms with Crippen LogP contribution in [0.15, 0.2) is 53.3 Å². The topological polar surface area (TPSA) is 98.2 Å². The van der Waals surface area contributed by atoms with E-state index in [2.05, 4.69) is 50.5 Å². The van der Waals surface area contributed by atoms with E-state index in [1.807, 2.05) is 35.0 Å². The van der Waals surface area contributed by atoms with Crippen molar-refractivity contribution in [1.82, 2.24) is 30.1 Å². The van der Waals surface area contributed by atoms with Gasteiger partial charge in [-0.05, 0) is 84.3 Å². The summed E-state index contributed by atoms with van der Waals surface area (Å²) in [5.41, 5.74) is 3.62. The van der Waals surface area contributed by atoms with Crippen LogP contribution in [0.3, 0.4) is 0 Å². The molecule has 9 nitrogen and oxygen atoms in total. The Morgan fingerprint density at radius 2 is 1.90 bits per heavy atom. The molecule has 1 saturated carbocycles. The fourth-order valence-electron chi connectivity index (χ4n) is 6.29. The summed E-state index contributed by atoms with van der Waals surface area (Å²) in [5, 5.41) is 14.3. The number of pyridine rings is 1. The Balaban J connectivity index is 1.49. The van der Waals surface area contributed by atoms with Gasteiger partial charge < -0.3 is 14.5 Å². The van der Waals surface area contributed by atoms with Gasteiger partial charge in [-0.2, -0.15) is 0 Å². The molecule has 0 bridgehead atoms. The summed E-state index contributed by atoms with van der Waals surface area (Å²) in [5.74, 6) is 1.53. The van der Waals surface area contributed by atoms with E-state index in [4.69, 9.17) is 9.47 Å². The second-order valence-electron chi connectivity index (χ2n) is 11.2. The highest BCUT2D eigenvalue weighted by Crippen LogP contribution is 2.34. The summed E-state index contributed by atoms with van der Waals surface area (Å²) in [4.78, 5) is 19.3. The van der Waals surface area contributed by atoms with Gasteiger partial charge in [-0.1, -0.05) is 43.0 Å². The lowest BCUT2D eigenvalue weighted by molar-refractivity contribution is 0.0567. The Morgan fingerprint density at radius 1 is 1.07 bits per heavy atom. The van der Waals surface area contributed by atoms with E-state index in [0.717, 1.165) is 78.7 Å². The Hall–Kier alpha value is -3.56. The molecule has 2 aliphatic rings. The van der Waals surface area contributed by atoms with Gasteiger partial charge in [-0.15, -0.1) is 5.10 Å². The van der Waals surface area contributed by atoms with Crippen molar-refractivity contribution in [3.05, 3.63) is 81.4 Å². The lowest BCUT2D eigenvalue weighted by atomic mass is 9.95. The van der Waals surface area contributed by atoms with Crippen molar-refractivity contribution in [2.24, 2.45) is 0 Å². The molecular weight excluding hydrogens is 504 g/mol. The molecule has 0 spiro atoms. The molecule has 0 unspecified atom stereocenters. The normalized spacial score (nSPS) is 18.9. The zero-order valence-corrected chi connectivity index (χ0v) is 23.4. The van der Waals surface area contributed by atoms with Crippen molar-refractivity contribution >= 4 is 10.9 Å². The zero-order valence-electron chi connectivity index (χ0n) is 23.4. The Labute approximate surface area is 234 Å². The van der Waals surface area contributed by atoms with Crippen LogP contribution in [0.4, 0.5) is 0 Å². The lowest BCUT2D eigenvalue weighted by Crippen LogP contribution is -2.39. The van der Waals surface area contributed by atoms with E-state index < -0.39 is 6.04 Å². The number of nitrogens with one attached hydrogen (secondary N) is 1. The van der Waals surface area contributed by atoms with Gasteiger partial charge >= 0.3 is 0 Å². The van der Waals surface area contributed by atoms with E-state index in [-0.39, 0.29) is 17.7 Å². The number of ether oxygens (including phenoxy) is 2. The summed E-state index contributed by atoms with van der Waals surface area (Å²) in [6.07, 6.45) is 7.77. The first-order chi connectivity index (χ1) is 19.6. The van der Waals surface area contributed by atoms with Crippen molar-refractivity contribution in [1.29, 1.82) is 0 Å². The van der Waals surface area contributed by atoms with E-state index in [1.54, 1.807) is 7.11 Å². The summed E-state index contributed by atoms with van der Waals surface area (Å²) in [6, 6.07) is 16.0. The maximum Gasteiger partial charge on any atom is 0.253 e. The molecule has 2 aromatic carbocycles. The van der Waals surface area contributed by atoms with Crippen LogP contribution in [-0.2, 0) is 11.3 Å². The molecule has 2 fully saturated rings. The van der Waals surface area contributed by atoms with Gasteiger partial charge in [0, 0.05) is 30.8 Å². The molecule has 6 rings (SSSR count). The third-order valence-corrected chi connectivity index (χ3v) is 8.38. The van der Waals surface area contributed by atoms with E-state index in [1.165, 1.54) is 6.42 Å². The number of aromatic nitrogens is 5. The molecule has 1 aliphatic heterocycles. The number of hydrogen-bond acceptors (Lipinski definition) is 7. The minimum atomic E-state index is -0.447. The molecule has 1 aliphatic carbocycles. The molecular formula is C31H38N6O3. The average molecular weight is 543 g/mol. The summed E-state index contributed by atoms with van der Waals surface area (Å²) < 4.78 is 13.5. The number of benzene rings is 2. The molecule has 210 valence electrons. The quantitative estimate of drug-likeness (QED) is 0.314. The van der Waals surface area contributed by atoms with Gasteiger partial charge in [0.2, 0.25) is 0 Å². The van der Waals surface area contributed by atoms with Crippen LogP contribution < -0.4 is 10.3 Å². The van der Waals surface area contributed by atoms with Gasteiger partial charge in [0.05, 0.1) is 19.3 Å². The highest BCUT2D eigenvalue weighted by molar-refractivity contribution is 5.79. The molecule has 2 aromatic heterocycles. The van der Waals surface area contributed by atoms with Crippen molar-refractivity contribution in [2.45, 2.75) is 76.6 Å². The zero-order chi connectivity index (χ0) is 27.5. The summed E-state index contributed by atoms with van der Waals surface area (Å²) >= 11 is 0. The lowest BCUT2D eigenvalue weighted by Gasteiger charge is -2.34. The molecule has 9 heteroatoms. The van der Waals surface area contributed by atoms with Crippen molar-refractivity contribution < 1.29 is 9.47 Å². The van der Waals surface area contributed by atoms with Gasteiger partial charge in [0.15, 0.2) is 5.82 Å². The maximum atomic E-state index is 13.8. The molecule has 1 N–H and O–H groups in total. The third-order valence-electron chi connectivity index (χ3n) is 8.38. The van der Waals surface area contributed by atoms with Crippen molar-refractivity contribution in [3.8, 4) is 5.75 Å². The first kappa shape index (κ1) is 26.7. The van der Waals surface area contributed by atoms with Gasteiger partial charge in [0.25, 0.3) is 5.56 Å². The summed E-state index contributed by atoms with van der Waals surface area (Å²) in [7, 11) is 1.67. The number of methoxy groups -OCH3 is 1. The van der Waals surface area contributed by atoms with Crippen LogP contribution in [0.5, 0.6) is 5.75 Å². The number of rotatable bonds is 9. The molecule has 1 saturated heterocycles. The van der Waals surface area contributed by atoms with Crippen molar-refractivity contribution in [2.75, 3.05) is 20.3 Å². The average Bonchev–Trinajstić information content (AvgIpc) is 3.67. The fourth-order valence-corrected chi connectivity index (χ4v) is 6.29. The number of aryl methyl sites for hydroxylation is 1. The second-order valence-corrected chi connectivity index (χ2v) is 11.2. The predicted octanol–water partition coefficient (Wildman–Crippen LogP) is 5.11. The fraction of sp³-hybridized carbons (Fsp3) is 0.484. The Bertz CT molecular complexity index is 1490. The maximum absolute atomic E-state index is 13.8. The smallest absolute Gasteiger partial charge is 0.253 e. The van der Waals surface area contributed by atoms with Gasteiger partial charge in [-0.25, -0.2) is 4.68 Å². The summed E-state index contributed by atoms with van der Waals surface area (Å²) in [6.45, 7) is 4.11. The third kappa shape index (κ3) is 5.67. The number of aromatic amines is 1. The van der Waals surface area contributed by atoms with E-state index >= 15 is 0 Å². The van der Waals surface area contributed by atoms with Crippen molar-refractivity contribution in [3.63, 3.8) is 0 Å². The predicted molar refractivity (Wildman–Crippen MR) is 153 cm³/mol. The van der Waals surface area contributed by atoms with Crippen LogP contribution in [0.25, 0.3) is 10.9 Å². The number of H-pyrrole nitrogens is 1. The molecule has 4 aromatic rings. The van der Waals surface area contributed by atoms with E-state index in [9.17, 15) is 4.79 Å². The van der Waals surface area contributed by atoms with Gasteiger partial charge in [-0.3, -0.25) is 9.69 Å². The molecule has 2 atom stereocenters. The molecule has 0 radical (unpaired) electrons.